The molecular weight excluding hydrogens is 266 g/mol. The van der Waals surface area contributed by atoms with Gasteiger partial charge in [0.15, 0.2) is 0 Å². The zero-order valence-electron chi connectivity index (χ0n) is 13.4. The average Bonchev–Trinajstić information content (AvgIpc) is 2.50. The highest BCUT2D eigenvalue weighted by Gasteiger charge is 2.11. The molecule has 0 aromatic rings. The van der Waals surface area contributed by atoms with E-state index in [1.165, 1.54) is 0 Å². The van der Waals surface area contributed by atoms with Crippen LogP contribution in [-0.4, -0.2) is 23.9 Å². The minimum atomic E-state index is -0.585. The molecule has 0 aromatic carbocycles. The summed E-state index contributed by atoms with van der Waals surface area (Å²) in [6.07, 6.45) is 7.53. The zero-order valence-corrected chi connectivity index (χ0v) is 13.4. The van der Waals surface area contributed by atoms with Crippen molar-refractivity contribution in [1.82, 2.24) is 10.8 Å². The number of amides is 1. The second kappa shape index (κ2) is 9.72. The largest absolute Gasteiger partial charge is 0.391 e. The lowest BCUT2D eigenvalue weighted by atomic mass is 9.99. The van der Waals surface area contributed by atoms with Crippen LogP contribution in [0, 0.1) is 5.41 Å². The summed E-state index contributed by atoms with van der Waals surface area (Å²) in [5.41, 5.74) is 4.57. The summed E-state index contributed by atoms with van der Waals surface area (Å²) >= 11 is 0. The average molecular weight is 291 g/mol. The predicted molar refractivity (Wildman–Crippen MR) is 86.4 cm³/mol. The van der Waals surface area contributed by atoms with E-state index in [9.17, 15) is 4.79 Å². The van der Waals surface area contributed by atoms with Gasteiger partial charge in [0.25, 0.3) is 5.91 Å². The summed E-state index contributed by atoms with van der Waals surface area (Å²) in [6.45, 7) is 7.48. The van der Waals surface area contributed by atoms with Gasteiger partial charge >= 0.3 is 0 Å². The molecule has 0 spiro atoms. The molecule has 0 unspecified atom stereocenters. The van der Waals surface area contributed by atoms with E-state index in [0.29, 0.717) is 23.3 Å². The van der Waals surface area contributed by atoms with Crippen molar-refractivity contribution in [3.8, 4) is 0 Å². The van der Waals surface area contributed by atoms with Crippen LogP contribution in [0.25, 0.3) is 0 Å². The van der Waals surface area contributed by atoms with E-state index >= 15 is 0 Å². The van der Waals surface area contributed by atoms with Crippen molar-refractivity contribution in [2.24, 2.45) is 0 Å². The Morgan fingerprint density at radius 1 is 1.29 bits per heavy atom. The lowest BCUT2D eigenvalue weighted by Gasteiger charge is -2.11. The van der Waals surface area contributed by atoms with Crippen molar-refractivity contribution < 1.29 is 10.0 Å². The van der Waals surface area contributed by atoms with Crippen LogP contribution in [0.5, 0.6) is 0 Å². The molecule has 4 N–H and O–H groups in total. The van der Waals surface area contributed by atoms with Gasteiger partial charge in [-0.3, -0.25) is 15.4 Å². The molecule has 0 saturated carbocycles. The van der Waals surface area contributed by atoms with Crippen LogP contribution in [0.15, 0.2) is 46.7 Å². The maximum absolute atomic E-state index is 11.6. The summed E-state index contributed by atoms with van der Waals surface area (Å²) in [5.74, 6) is -0.585. The van der Waals surface area contributed by atoms with Crippen LogP contribution in [0.1, 0.15) is 34.1 Å². The molecule has 21 heavy (non-hydrogen) atoms. The quantitative estimate of drug-likeness (QED) is 0.191. The number of carbonyl (C=O) groups excluding carboxylic acids is 1. The van der Waals surface area contributed by atoms with Crippen molar-refractivity contribution in [1.29, 1.82) is 5.41 Å². The predicted octanol–water partition coefficient (Wildman–Crippen LogP) is 2.86. The van der Waals surface area contributed by atoms with E-state index in [1.807, 2.05) is 33.8 Å². The molecule has 0 aliphatic heterocycles. The van der Waals surface area contributed by atoms with Gasteiger partial charge in [-0.25, -0.2) is 5.48 Å². The van der Waals surface area contributed by atoms with Gasteiger partial charge in [0.1, 0.15) is 0 Å². The third-order valence-electron chi connectivity index (χ3n) is 3.05. The second-order valence-electron chi connectivity index (χ2n) is 4.48. The highest BCUT2D eigenvalue weighted by molar-refractivity contribution is 6.13. The Balaban J connectivity index is 5.79. The van der Waals surface area contributed by atoms with Gasteiger partial charge in [0.2, 0.25) is 0 Å². The van der Waals surface area contributed by atoms with E-state index < -0.39 is 5.91 Å². The van der Waals surface area contributed by atoms with Crippen LogP contribution in [0.3, 0.4) is 0 Å². The molecule has 0 heterocycles. The molecule has 0 aromatic heterocycles. The van der Waals surface area contributed by atoms with Gasteiger partial charge < -0.3 is 5.32 Å². The maximum atomic E-state index is 11.6. The first-order valence-corrected chi connectivity index (χ1v) is 6.86. The van der Waals surface area contributed by atoms with E-state index in [4.69, 9.17) is 10.6 Å². The third kappa shape index (κ3) is 5.79. The summed E-state index contributed by atoms with van der Waals surface area (Å²) in [6, 6.07) is 0. The summed E-state index contributed by atoms with van der Waals surface area (Å²) in [5, 5.41) is 20.1. The first-order valence-electron chi connectivity index (χ1n) is 6.86. The summed E-state index contributed by atoms with van der Waals surface area (Å²) < 4.78 is 0. The van der Waals surface area contributed by atoms with E-state index in [2.05, 4.69) is 5.32 Å². The van der Waals surface area contributed by atoms with Gasteiger partial charge in [-0.1, -0.05) is 25.2 Å². The van der Waals surface area contributed by atoms with Crippen LogP contribution in [-0.2, 0) is 4.79 Å². The smallest absolute Gasteiger partial charge is 0.274 e. The number of hydrogen-bond donors (Lipinski definition) is 4. The maximum Gasteiger partial charge on any atom is 0.274 e. The fourth-order valence-corrected chi connectivity index (χ4v) is 1.64. The fourth-order valence-electron chi connectivity index (χ4n) is 1.64. The van der Waals surface area contributed by atoms with Gasteiger partial charge in [0.05, 0.1) is 5.71 Å². The molecule has 0 aliphatic rings. The summed E-state index contributed by atoms with van der Waals surface area (Å²) in [7, 11) is 1.80. The lowest BCUT2D eigenvalue weighted by Crippen LogP contribution is -2.20. The van der Waals surface area contributed by atoms with Crippen molar-refractivity contribution in [3.05, 3.63) is 46.7 Å². The standard InChI is InChI=1S/C16H25N3O2/c1-6-8-13(15(17)11(3)12(4)18-5)10-14(9-7-2)16(20)19-21/h6,8-10,17-18,21H,7H2,1-5H3,(H,19,20)/b8-6-,12-11+,13-10+,14-9-,17-15?. The van der Waals surface area contributed by atoms with Gasteiger partial charge in [0, 0.05) is 23.9 Å². The van der Waals surface area contributed by atoms with Crippen LogP contribution in [0.4, 0.5) is 0 Å². The Bertz CT molecular complexity index is 512. The van der Waals surface area contributed by atoms with Gasteiger partial charge in [-0.05, 0) is 38.8 Å². The van der Waals surface area contributed by atoms with Crippen molar-refractivity contribution in [2.75, 3.05) is 7.05 Å². The monoisotopic (exact) mass is 291 g/mol. The topological polar surface area (TPSA) is 85.2 Å². The Labute approximate surface area is 126 Å². The number of carbonyl (C=O) groups is 1. The van der Waals surface area contributed by atoms with Gasteiger partial charge in [-0.2, -0.15) is 0 Å². The second-order valence-corrected chi connectivity index (χ2v) is 4.48. The highest BCUT2D eigenvalue weighted by Crippen LogP contribution is 2.14. The molecule has 0 atom stereocenters. The highest BCUT2D eigenvalue weighted by atomic mass is 16.5. The number of hydroxylamine groups is 1. The van der Waals surface area contributed by atoms with Gasteiger partial charge in [-0.15, -0.1) is 0 Å². The molecule has 0 fully saturated rings. The Hall–Kier alpha value is -2.14. The molecular formula is C16H25N3O2. The number of nitrogens with one attached hydrogen (secondary N) is 3. The number of rotatable bonds is 7. The van der Waals surface area contributed by atoms with Crippen molar-refractivity contribution >= 4 is 11.6 Å². The van der Waals surface area contributed by atoms with Crippen molar-refractivity contribution in [2.45, 2.75) is 34.1 Å². The number of hydrogen-bond acceptors (Lipinski definition) is 4. The van der Waals surface area contributed by atoms with Crippen LogP contribution in [0.2, 0.25) is 0 Å². The van der Waals surface area contributed by atoms with Crippen molar-refractivity contribution in [3.63, 3.8) is 0 Å². The molecule has 0 radical (unpaired) electrons. The Morgan fingerprint density at radius 3 is 2.33 bits per heavy atom. The van der Waals surface area contributed by atoms with Crippen LogP contribution >= 0.6 is 0 Å². The zero-order chi connectivity index (χ0) is 16.4. The molecule has 5 heteroatoms. The van der Waals surface area contributed by atoms with E-state index in [0.717, 1.165) is 11.3 Å². The minimum absolute atomic E-state index is 0.327. The molecule has 5 nitrogen and oxygen atoms in total. The number of allylic oxidation sites excluding steroid dienone is 6. The molecule has 1 amide bonds. The lowest BCUT2D eigenvalue weighted by molar-refractivity contribution is -0.124. The van der Waals surface area contributed by atoms with Crippen LogP contribution < -0.4 is 10.8 Å². The molecule has 0 aliphatic carbocycles. The molecule has 0 saturated heterocycles. The third-order valence-corrected chi connectivity index (χ3v) is 3.05. The summed E-state index contributed by atoms with van der Waals surface area (Å²) in [4.78, 5) is 11.6. The SMILES string of the molecule is C\C=C/C(=C\C(=C\CC)C(=O)NO)C(=N)/C(C)=C(\C)NC. The Kier molecular flexibility index (Phi) is 8.73. The fraction of sp³-hybridized carbons (Fsp3) is 0.375. The molecule has 116 valence electrons. The Morgan fingerprint density at radius 2 is 1.90 bits per heavy atom. The van der Waals surface area contributed by atoms with E-state index in [1.54, 1.807) is 30.8 Å². The molecule has 0 rings (SSSR count). The molecule has 0 bridgehead atoms. The normalized spacial score (nSPS) is 14.0. The first kappa shape index (κ1) is 18.9. The minimum Gasteiger partial charge on any atom is -0.391 e. The van der Waals surface area contributed by atoms with E-state index in [-0.39, 0.29) is 0 Å². The first-order chi connectivity index (χ1) is 9.92.